The number of nitrogens with zero attached hydrogens (tertiary/aromatic N) is 1. The van der Waals surface area contributed by atoms with E-state index in [1.54, 1.807) is 7.11 Å². The first-order valence-electron chi connectivity index (χ1n) is 6.13. The lowest BCUT2D eigenvalue weighted by Gasteiger charge is -2.06. The number of aromatic nitrogens is 1. The third-order valence-corrected chi connectivity index (χ3v) is 3.77. The number of hydrogen-bond acceptors (Lipinski definition) is 1. The molecule has 3 aromatic rings. The van der Waals surface area contributed by atoms with Gasteiger partial charge in [-0.05, 0) is 42.0 Å². The number of methoxy groups -OCH3 is 1. The smallest absolute Gasteiger partial charge is 0.119 e. The first-order chi connectivity index (χ1) is 9.26. The van der Waals surface area contributed by atoms with Gasteiger partial charge in [-0.25, -0.2) is 0 Å². The fraction of sp³-hybridized carbons (Fsp3) is 0.125. The Hall–Kier alpha value is -1.74. The molecule has 0 atom stereocenters. The van der Waals surface area contributed by atoms with Gasteiger partial charge in [0, 0.05) is 28.1 Å². The van der Waals surface area contributed by atoms with Crippen LogP contribution in [0.15, 0.2) is 59.2 Å². The lowest BCUT2D eigenvalue weighted by atomic mass is 10.2. The number of rotatable bonds is 3. The van der Waals surface area contributed by atoms with Gasteiger partial charge in [-0.3, -0.25) is 0 Å². The largest absolute Gasteiger partial charge is 0.497 e. The minimum Gasteiger partial charge on any atom is -0.497 e. The number of hydrogen-bond donors (Lipinski definition) is 0. The van der Waals surface area contributed by atoms with Gasteiger partial charge in [0.1, 0.15) is 5.75 Å². The Balaban J connectivity index is 1.95. The summed E-state index contributed by atoms with van der Waals surface area (Å²) in [6, 6.07) is 16.7. The van der Waals surface area contributed by atoms with E-state index in [9.17, 15) is 0 Å². The molecule has 96 valence electrons. The van der Waals surface area contributed by atoms with Crippen molar-refractivity contribution in [2.24, 2.45) is 0 Å². The summed E-state index contributed by atoms with van der Waals surface area (Å²) in [5.41, 5.74) is 2.51. The lowest BCUT2D eigenvalue weighted by Crippen LogP contribution is -1.97. The van der Waals surface area contributed by atoms with Crippen LogP contribution in [-0.4, -0.2) is 11.7 Å². The summed E-state index contributed by atoms with van der Waals surface area (Å²) in [7, 11) is 1.69. The first kappa shape index (κ1) is 12.3. The summed E-state index contributed by atoms with van der Waals surface area (Å²) in [6.45, 7) is 0.878. The second-order valence-corrected chi connectivity index (χ2v) is 5.41. The van der Waals surface area contributed by atoms with Gasteiger partial charge in [0.15, 0.2) is 0 Å². The Bertz CT molecular complexity index is 700. The highest BCUT2D eigenvalue weighted by molar-refractivity contribution is 9.10. The maximum absolute atomic E-state index is 5.25. The summed E-state index contributed by atoms with van der Waals surface area (Å²) >= 11 is 3.46. The van der Waals surface area contributed by atoms with E-state index in [4.69, 9.17) is 4.74 Å². The highest BCUT2D eigenvalue weighted by atomic mass is 79.9. The molecule has 0 aliphatic carbocycles. The minimum absolute atomic E-state index is 0.878. The molecular formula is C16H14BrNO. The van der Waals surface area contributed by atoms with Crippen LogP contribution in [0, 0.1) is 0 Å². The van der Waals surface area contributed by atoms with Crippen LogP contribution in [0.3, 0.4) is 0 Å². The molecule has 0 saturated heterocycles. The Kier molecular flexibility index (Phi) is 3.30. The number of fused-ring (bicyclic) bond motifs is 1. The Labute approximate surface area is 120 Å². The molecule has 1 aromatic heterocycles. The molecule has 0 radical (unpaired) electrons. The van der Waals surface area contributed by atoms with Crippen LogP contribution in [-0.2, 0) is 6.54 Å². The highest BCUT2D eigenvalue weighted by Gasteiger charge is 2.03. The number of halogens is 1. The second kappa shape index (κ2) is 5.10. The van der Waals surface area contributed by atoms with E-state index in [1.807, 2.05) is 6.07 Å². The van der Waals surface area contributed by atoms with Crippen molar-refractivity contribution in [3.63, 3.8) is 0 Å². The summed E-state index contributed by atoms with van der Waals surface area (Å²) in [4.78, 5) is 0. The molecule has 0 unspecified atom stereocenters. The summed E-state index contributed by atoms with van der Waals surface area (Å²) in [5, 5.41) is 1.21. The van der Waals surface area contributed by atoms with Crippen LogP contribution in [0.2, 0.25) is 0 Å². The fourth-order valence-corrected chi connectivity index (χ4v) is 2.49. The van der Waals surface area contributed by atoms with Crippen molar-refractivity contribution < 1.29 is 4.74 Å². The van der Waals surface area contributed by atoms with Crippen molar-refractivity contribution in [1.29, 1.82) is 0 Å². The molecule has 0 amide bonds. The Morgan fingerprint density at radius 2 is 1.84 bits per heavy atom. The van der Waals surface area contributed by atoms with Gasteiger partial charge >= 0.3 is 0 Å². The van der Waals surface area contributed by atoms with Gasteiger partial charge in [0.05, 0.1) is 7.11 Å². The average Bonchev–Trinajstić information content (AvgIpc) is 2.83. The maximum atomic E-state index is 5.25. The standard InChI is InChI=1S/C16H14BrNO/c1-19-15-6-7-16-13(10-15)8-9-18(16)11-12-2-4-14(17)5-3-12/h2-10H,11H2,1H3. The monoisotopic (exact) mass is 315 g/mol. The molecular weight excluding hydrogens is 302 g/mol. The Morgan fingerprint density at radius 1 is 1.05 bits per heavy atom. The SMILES string of the molecule is COc1ccc2c(ccn2Cc2ccc(Br)cc2)c1. The van der Waals surface area contributed by atoms with E-state index in [-0.39, 0.29) is 0 Å². The Morgan fingerprint density at radius 3 is 2.58 bits per heavy atom. The lowest BCUT2D eigenvalue weighted by molar-refractivity contribution is 0.415. The van der Waals surface area contributed by atoms with Crippen LogP contribution >= 0.6 is 15.9 Å². The average molecular weight is 316 g/mol. The predicted octanol–water partition coefficient (Wildman–Crippen LogP) is 4.46. The fourth-order valence-electron chi connectivity index (χ4n) is 2.23. The van der Waals surface area contributed by atoms with Gasteiger partial charge in [0.25, 0.3) is 0 Å². The van der Waals surface area contributed by atoms with E-state index >= 15 is 0 Å². The minimum atomic E-state index is 0.878. The van der Waals surface area contributed by atoms with E-state index in [1.165, 1.54) is 16.5 Å². The van der Waals surface area contributed by atoms with Gasteiger partial charge in [-0.15, -0.1) is 0 Å². The molecule has 0 bridgehead atoms. The summed E-state index contributed by atoms with van der Waals surface area (Å²) in [6.07, 6.45) is 2.12. The molecule has 0 N–H and O–H groups in total. The predicted molar refractivity (Wildman–Crippen MR) is 81.7 cm³/mol. The zero-order valence-electron chi connectivity index (χ0n) is 10.6. The molecule has 1 heterocycles. The van der Waals surface area contributed by atoms with Crippen LogP contribution in [0.1, 0.15) is 5.56 Å². The van der Waals surface area contributed by atoms with Crippen LogP contribution in [0.4, 0.5) is 0 Å². The molecule has 0 saturated carbocycles. The molecule has 0 aliphatic heterocycles. The topological polar surface area (TPSA) is 14.2 Å². The van der Waals surface area contributed by atoms with E-state index in [0.717, 1.165) is 16.8 Å². The van der Waals surface area contributed by atoms with Gasteiger partial charge in [0.2, 0.25) is 0 Å². The van der Waals surface area contributed by atoms with Crippen molar-refractivity contribution in [2.75, 3.05) is 7.11 Å². The summed E-state index contributed by atoms with van der Waals surface area (Å²) < 4.78 is 8.61. The van der Waals surface area contributed by atoms with Crippen molar-refractivity contribution in [2.45, 2.75) is 6.54 Å². The molecule has 3 rings (SSSR count). The van der Waals surface area contributed by atoms with Crippen LogP contribution < -0.4 is 4.74 Å². The molecule has 3 heteroatoms. The van der Waals surface area contributed by atoms with Gasteiger partial charge in [-0.1, -0.05) is 28.1 Å². The third kappa shape index (κ3) is 2.51. The van der Waals surface area contributed by atoms with E-state index in [0.29, 0.717) is 0 Å². The van der Waals surface area contributed by atoms with Crippen LogP contribution in [0.5, 0.6) is 5.75 Å². The van der Waals surface area contributed by atoms with E-state index < -0.39 is 0 Å². The normalized spacial score (nSPS) is 10.8. The zero-order valence-corrected chi connectivity index (χ0v) is 12.2. The molecule has 0 fully saturated rings. The quantitative estimate of drug-likeness (QED) is 0.696. The van der Waals surface area contributed by atoms with Crippen molar-refractivity contribution >= 4 is 26.8 Å². The second-order valence-electron chi connectivity index (χ2n) is 4.49. The summed E-state index contributed by atoms with van der Waals surface area (Å²) in [5.74, 6) is 0.897. The molecule has 2 aromatic carbocycles. The van der Waals surface area contributed by atoms with Gasteiger partial charge in [-0.2, -0.15) is 0 Å². The number of benzene rings is 2. The van der Waals surface area contributed by atoms with E-state index in [2.05, 4.69) is 69.2 Å². The maximum Gasteiger partial charge on any atom is 0.119 e. The molecule has 0 spiro atoms. The zero-order chi connectivity index (χ0) is 13.2. The molecule has 2 nitrogen and oxygen atoms in total. The number of ether oxygens (including phenoxy) is 1. The van der Waals surface area contributed by atoms with Gasteiger partial charge < -0.3 is 9.30 Å². The van der Waals surface area contributed by atoms with Crippen molar-refractivity contribution in [1.82, 2.24) is 4.57 Å². The highest BCUT2D eigenvalue weighted by Crippen LogP contribution is 2.22. The molecule has 0 aliphatic rings. The van der Waals surface area contributed by atoms with Crippen LogP contribution in [0.25, 0.3) is 10.9 Å². The molecule has 19 heavy (non-hydrogen) atoms. The first-order valence-corrected chi connectivity index (χ1v) is 6.93. The van der Waals surface area contributed by atoms with Crippen molar-refractivity contribution in [3.8, 4) is 5.75 Å². The third-order valence-electron chi connectivity index (χ3n) is 3.24. The van der Waals surface area contributed by atoms with Crippen molar-refractivity contribution in [3.05, 3.63) is 64.8 Å².